The summed E-state index contributed by atoms with van der Waals surface area (Å²) < 4.78 is 2.21. The van der Waals surface area contributed by atoms with Gasteiger partial charge in [0.05, 0.1) is 5.56 Å². The molecule has 1 aromatic carbocycles. The number of aryl methyl sites for hydroxylation is 1. The predicted octanol–water partition coefficient (Wildman–Crippen LogP) is 2.18. The highest BCUT2D eigenvalue weighted by molar-refractivity contribution is 5.95. The third kappa shape index (κ3) is 4.74. The molecule has 3 rings (SSSR count). The summed E-state index contributed by atoms with van der Waals surface area (Å²) in [5.74, 6) is 0.0396. The van der Waals surface area contributed by atoms with E-state index in [9.17, 15) is 4.79 Å². The van der Waals surface area contributed by atoms with Crippen LogP contribution in [0.1, 0.15) is 33.7 Å². The third-order valence-electron chi connectivity index (χ3n) is 5.15. The second-order valence-corrected chi connectivity index (χ2v) is 7.06. The van der Waals surface area contributed by atoms with Crippen molar-refractivity contribution in [3.05, 3.63) is 58.9 Å². The fourth-order valence-corrected chi connectivity index (χ4v) is 3.57. The molecular weight excluding hydrogens is 324 g/mol. The van der Waals surface area contributed by atoms with Crippen LogP contribution in [0.2, 0.25) is 0 Å². The van der Waals surface area contributed by atoms with Gasteiger partial charge in [-0.15, -0.1) is 0 Å². The molecule has 0 spiro atoms. The fraction of sp³-hybridized carbons (Fsp3) is 0.476. The Hall–Kier alpha value is -2.11. The standard InChI is InChI=1S/C21H30N4O/c1-17-15-20(18(2)25(17)16-19-7-4-3-5-8-19)21(26)23-9-6-12-24-13-10-22-11-14-24/h3-5,7-8,15,22H,6,9-14,16H2,1-2H3,(H,23,26). The molecule has 0 radical (unpaired) electrons. The number of nitrogens with one attached hydrogen (secondary N) is 2. The maximum absolute atomic E-state index is 12.6. The molecule has 0 atom stereocenters. The van der Waals surface area contributed by atoms with E-state index in [1.165, 1.54) is 5.56 Å². The van der Waals surface area contributed by atoms with Crippen molar-refractivity contribution < 1.29 is 4.79 Å². The molecule has 0 bridgehead atoms. The minimum absolute atomic E-state index is 0.0396. The van der Waals surface area contributed by atoms with Crippen molar-refractivity contribution in [1.82, 2.24) is 20.1 Å². The monoisotopic (exact) mass is 354 g/mol. The maximum atomic E-state index is 12.6. The van der Waals surface area contributed by atoms with Gasteiger partial charge in [-0.3, -0.25) is 4.79 Å². The van der Waals surface area contributed by atoms with E-state index in [-0.39, 0.29) is 5.91 Å². The zero-order valence-electron chi connectivity index (χ0n) is 15.9. The Morgan fingerprint density at radius 3 is 2.62 bits per heavy atom. The van der Waals surface area contributed by atoms with E-state index in [4.69, 9.17) is 0 Å². The van der Waals surface area contributed by atoms with Crippen molar-refractivity contribution in [2.24, 2.45) is 0 Å². The summed E-state index contributed by atoms with van der Waals surface area (Å²) in [7, 11) is 0. The Balaban J connectivity index is 1.53. The van der Waals surface area contributed by atoms with E-state index in [2.05, 4.69) is 51.3 Å². The maximum Gasteiger partial charge on any atom is 0.253 e. The molecular formula is C21H30N4O. The summed E-state index contributed by atoms with van der Waals surface area (Å²) in [5, 5.41) is 6.45. The Labute approximate surface area is 156 Å². The molecule has 1 aromatic heterocycles. The van der Waals surface area contributed by atoms with E-state index in [1.54, 1.807) is 0 Å². The summed E-state index contributed by atoms with van der Waals surface area (Å²) in [5.41, 5.74) is 4.20. The average Bonchev–Trinajstić information content (AvgIpc) is 2.95. The van der Waals surface area contributed by atoms with Crippen LogP contribution < -0.4 is 10.6 Å². The van der Waals surface area contributed by atoms with Crippen molar-refractivity contribution >= 4 is 5.91 Å². The lowest BCUT2D eigenvalue weighted by Crippen LogP contribution is -2.44. The van der Waals surface area contributed by atoms with Gasteiger partial charge in [0.15, 0.2) is 0 Å². The molecule has 2 N–H and O–H groups in total. The molecule has 0 unspecified atom stereocenters. The second-order valence-electron chi connectivity index (χ2n) is 7.06. The molecule has 5 nitrogen and oxygen atoms in total. The van der Waals surface area contributed by atoms with Crippen LogP contribution in [-0.2, 0) is 6.54 Å². The quantitative estimate of drug-likeness (QED) is 0.750. The molecule has 1 saturated heterocycles. The number of carbonyl (C=O) groups excluding carboxylic acids is 1. The fourth-order valence-electron chi connectivity index (χ4n) is 3.57. The lowest BCUT2D eigenvalue weighted by molar-refractivity contribution is 0.0950. The summed E-state index contributed by atoms with van der Waals surface area (Å²) in [6.07, 6.45) is 0.995. The number of hydrogen-bond acceptors (Lipinski definition) is 3. The van der Waals surface area contributed by atoms with E-state index >= 15 is 0 Å². The number of hydrogen-bond donors (Lipinski definition) is 2. The van der Waals surface area contributed by atoms with Gasteiger partial charge in [0.1, 0.15) is 0 Å². The van der Waals surface area contributed by atoms with Gasteiger partial charge in [0, 0.05) is 50.7 Å². The van der Waals surface area contributed by atoms with Gasteiger partial charge < -0.3 is 20.1 Å². The molecule has 1 amide bonds. The van der Waals surface area contributed by atoms with Crippen molar-refractivity contribution in [2.45, 2.75) is 26.8 Å². The molecule has 2 aromatic rings. The van der Waals surface area contributed by atoms with Crippen molar-refractivity contribution in [3.63, 3.8) is 0 Å². The minimum atomic E-state index is 0.0396. The number of rotatable bonds is 7. The van der Waals surface area contributed by atoms with E-state index < -0.39 is 0 Å². The van der Waals surface area contributed by atoms with Crippen LogP contribution in [0.4, 0.5) is 0 Å². The van der Waals surface area contributed by atoms with Crippen LogP contribution in [0.15, 0.2) is 36.4 Å². The molecule has 1 aliphatic heterocycles. The highest BCUT2D eigenvalue weighted by Gasteiger charge is 2.16. The molecule has 0 saturated carbocycles. The number of carbonyl (C=O) groups is 1. The topological polar surface area (TPSA) is 49.3 Å². The van der Waals surface area contributed by atoms with Crippen LogP contribution in [0.5, 0.6) is 0 Å². The normalized spacial score (nSPS) is 15.2. The Bertz CT molecular complexity index is 717. The van der Waals surface area contributed by atoms with Crippen molar-refractivity contribution in [3.8, 4) is 0 Å². The Morgan fingerprint density at radius 1 is 1.15 bits per heavy atom. The highest BCUT2D eigenvalue weighted by atomic mass is 16.1. The smallest absolute Gasteiger partial charge is 0.253 e. The summed E-state index contributed by atoms with van der Waals surface area (Å²) >= 11 is 0. The summed E-state index contributed by atoms with van der Waals surface area (Å²) in [6, 6.07) is 12.4. The third-order valence-corrected chi connectivity index (χ3v) is 5.15. The molecule has 1 aliphatic rings. The average molecular weight is 354 g/mol. The molecule has 140 valence electrons. The number of aromatic nitrogens is 1. The molecule has 0 aliphatic carbocycles. The highest BCUT2D eigenvalue weighted by Crippen LogP contribution is 2.17. The lowest BCUT2D eigenvalue weighted by Gasteiger charge is -2.27. The molecule has 1 fully saturated rings. The first kappa shape index (κ1) is 18.7. The number of nitrogens with zero attached hydrogens (tertiary/aromatic N) is 2. The number of benzene rings is 1. The van der Waals surface area contributed by atoms with Gasteiger partial charge in [-0.1, -0.05) is 30.3 Å². The minimum Gasteiger partial charge on any atom is -0.352 e. The number of piperazine rings is 1. The van der Waals surface area contributed by atoms with Gasteiger partial charge in [-0.2, -0.15) is 0 Å². The first-order valence-electron chi connectivity index (χ1n) is 9.57. The summed E-state index contributed by atoms with van der Waals surface area (Å²) in [6.45, 7) is 11.0. The Kier molecular flexibility index (Phi) is 6.47. The van der Waals surface area contributed by atoms with Crippen LogP contribution in [0, 0.1) is 13.8 Å². The SMILES string of the molecule is Cc1cc(C(=O)NCCCN2CCNCC2)c(C)n1Cc1ccccc1. The van der Waals surface area contributed by atoms with Crippen molar-refractivity contribution in [2.75, 3.05) is 39.3 Å². The lowest BCUT2D eigenvalue weighted by atomic mass is 10.2. The Morgan fingerprint density at radius 2 is 1.88 bits per heavy atom. The van der Waals surface area contributed by atoms with Gasteiger partial charge >= 0.3 is 0 Å². The summed E-state index contributed by atoms with van der Waals surface area (Å²) in [4.78, 5) is 15.0. The zero-order chi connectivity index (χ0) is 18.4. The van der Waals surface area contributed by atoms with E-state index in [0.717, 1.165) is 69.2 Å². The van der Waals surface area contributed by atoms with Crippen molar-refractivity contribution in [1.29, 1.82) is 0 Å². The van der Waals surface area contributed by atoms with Gasteiger partial charge in [0.2, 0.25) is 0 Å². The van der Waals surface area contributed by atoms with Crippen LogP contribution in [0.3, 0.4) is 0 Å². The predicted molar refractivity (Wildman–Crippen MR) is 106 cm³/mol. The first-order chi connectivity index (χ1) is 12.6. The van der Waals surface area contributed by atoms with Crippen LogP contribution in [-0.4, -0.2) is 54.6 Å². The van der Waals surface area contributed by atoms with Gasteiger partial charge in [0.25, 0.3) is 5.91 Å². The number of amides is 1. The van der Waals surface area contributed by atoms with E-state index in [0.29, 0.717) is 0 Å². The van der Waals surface area contributed by atoms with Gasteiger partial charge in [-0.05, 0) is 38.4 Å². The van der Waals surface area contributed by atoms with Crippen LogP contribution in [0.25, 0.3) is 0 Å². The van der Waals surface area contributed by atoms with Gasteiger partial charge in [-0.25, -0.2) is 0 Å². The first-order valence-corrected chi connectivity index (χ1v) is 9.57. The second kappa shape index (κ2) is 9.01. The molecule has 26 heavy (non-hydrogen) atoms. The molecule has 2 heterocycles. The van der Waals surface area contributed by atoms with Crippen LogP contribution >= 0.6 is 0 Å². The largest absolute Gasteiger partial charge is 0.352 e. The van der Waals surface area contributed by atoms with E-state index in [1.807, 2.05) is 19.1 Å². The zero-order valence-corrected chi connectivity index (χ0v) is 15.9. The molecule has 5 heteroatoms.